The van der Waals surface area contributed by atoms with E-state index in [2.05, 4.69) is 31.4 Å². The molecule has 1 aromatic carbocycles. The van der Waals surface area contributed by atoms with E-state index < -0.39 is 5.41 Å². The fourth-order valence-electron chi connectivity index (χ4n) is 3.55. The first-order chi connectivity index (χ1) is 14.5. The van der Waals surface area contributed by atoms with Gasteiger partial charge in [-0.25, -0.2) is 4.39 Å². The second-order valence-electron chi connectivity index (χ2n) is 7.23. The Labute approximate surface area is 176 Å². The summed E-state index contributed by atoms with van der Waals surface area (Å²) in [5.41, 5.74) is 0.634. The third kappa shape index (κ3) is 4.10. The van der Waals surface area contributed by atoms with Crippen LogP contribution in [0.2, 0.25) is 5.02 Å². The summed E-state index contributed by atoms with van der Waals surface area (Å²) >= 11 is 6.16. The molecule has 3 aromatic rings. The van der Waals surface area contributed by atoms with E-state index in [0.717, 1.165) is 5.56 Å². The number of hydrogen-bond donors (Lipinski definition) is 1. The average molecular weight is 429 g/mol. The summed E-state index contributed by atoms with van der Waals surface area (Å²) in [4.78, 5) is 2.06. The van der Waals surface area contributed by atoms with Gasteiger partial charge in [0.15, 0.2) is 5.82 Å². The van der Waals surface area contributed by atoms with Gasteiger partial charge in [-0.1, -0.05) is 17.7 Å². The topological polar surface area (TPSA) is 112 Å². The highest BCUT2D eigenvalue weighted by molar-refractivity contribution is 6.31. The van der Waals surface area contributed by atoms with E-state index in [4.69, 9.17) is 21.1 Å². The van der Waals surface area contributed by atoms with Crippen LogP contribution >= 0.6 is 11.6 Å². The van der Waals surface area contributed by atoms with Crippen LogP contribution < -0.4 is 4.90 Å². The lowest BCUT2D eigenvalue weighted by atomic mass is 9.75. The standard InChI is InChI=1S/C20H18ClFN6O2/c21-15-9-14(22)2-1-13(15)10-20(12-23)5-7-28(8-6-20)17-4-3-16(24-25-17)19-27-26-18(11-29)30-19/h1-4,9,29H,5-8,10-11H2. The first kappa shape index (κ1) is 20.2. The molecule has 0 atom stereocenters. The lowest BCUT2D eigenvalue weighted by Crippen LogP contribution is -2.41. The molecule has 0 bridgehead atoms. The Morgan fingerprint density at radius 3 is 2.57 bits per heavy atom. The van der Waals surface area contributed by atoms with Crippen LogP contribution in [-0.4, -0.2) is 38.6 Å². The van der Waals surface area contributed by atoms with Gasteiger partial charge in [0.2, 0.25) is 5.89 Å². The minimum Gasteiger partial charge on any atom is -0.417 e. The number of rotatable bonds is 5. The zero-order valence-corrected chi connectivity index (χ0v) is 16.7. The van der Waals surface area contributed by atoms with Gasteiger partial charge in [-0.2, -0.15) is 5.26 Å². The smallest absolute Gasteiger partial charge is 0.268 e. The van der Waals surface area contributed by atoms with Crippen molar-refractivity contribution in [3.8, 4) is 17.7 Å². The van der Waals surface area contributed by atoms with E-state index in [0.29, 0.717) is 48.9 Å². The molecule has 0 radical (unpaired) electrons. The summed E-state index contributed by atoms with van der Waals surface area (Å²) in [7, 11) is 0. The van der Waals surface area contributed by atoms with Gasteiger partial charge in [0.25, 0.3) is 5.89 Å². The number of aliphatic hydroxyl groups excluding tert-OH is 1. The van der Waals surface area contributed by atoms with E-state index in [-0.39, 0.29) is 24.2 Å². The minimum atomic E-state index is -0.560. The number of benzene rings is 1. The minimum absolute atomic E-state index is 0.112. The van der Waals surface area contributed by atoms with Gasteiger partial charge in [-0.15, -0.1) is 20.4 Å². The van der Waals surface area contributed by atoms with Crippen molar-refractivity contribution in [1.29, 1.82) is 5.26 Å². The molecule has 1 aliphatic heterocycles. The average Bonchev–Trinajstić information content (AvgIpc) is 3.26. The molecule has 2 aromatic heterocycles. The molecule has 0 amide bonds. The highest BCUT2D eigenvalue weighted by Crippen LogP contribution is 2.37. The van der Waals surface area contributed by atoms with Gasteiger partial charge >= 0.3 is 0 Å². The van der Waals surface area contributed by atoms with Crippen molar-refractivity contribution in [2.24, 2.45) is 5.41 Å². The largest absolute Gasteiger partial charge is 0.417 e. The summed E-state index contributed by atoms with van der Waals surface area (Å²) in [5.74, 6) is 0.601. The fraction of sp³-hybridized carbons (Fsp3) is 0.350. The van der Waals surface area contributed by atoms with E-state index in [1.54, 1.807) is 18.2 Å². The van der Waals surface area contributed by atoms with Gasteiger partial charge in [0, 0.05) is 18.1 Å². The maximum Gasteiger partial charge on any atom is 0.268 e. The Morgan fingerprint density at radius 2 is 1.97 bits per heavy atom. The summed E-state index contributed by atoms with van der Waals surface area (Å²) in [6.45, 7) is 0.932. The first-order valence-corrected chi connectivity index (χ1v) is 9.77. The van der Waals surface area contributed by atoms with Crippen molar-refractivity contribution < 1.29 is 13.9 Å². The molecule has 4 rings (SSSR count). The van der Waals surface area contributed by atoms with Crippen molar-refractivity contribution in [3.05, 3.63) is 52.6 Å². The van der Waals surface area contributed by atoms with Crippen molar-refractivity contribution in [1.82, 2.24) is 20.4 Å². The second kappa shape index (κ2) is 8.34. The molecule has 10 heteroatoms. The predicted octanol–water partition coefficient (Wildman–Crippen LogP) is 3.16. The Balaban J connectivity index is 1.43. The fourth-order valence-corrected chi connectivity index (χ4v) is 3.78. The number of nitrogens with zero attached hydrogens (tertiary/aromatic N) is 6. The van der Waals surface area contributed by atoms with Gasteiger partial charge in [-0.05, 0) is 49.1 Å². The zero-order chi connectivity index (χ0) is 21.1. The predicted molar refractivity (Wildman–Crippen MR) is 106 cm³/mol. The highest BCUT2D eigenvalue weighted by atomic mass is 35.5. The van der Waals surface area contributed by atoms with Crippen LogP contribution in [-0.2, 0) is 13.0 Å². The number of aromatic nitrogens is 4. The van der Waals surface area contributed by atoms with Crippen LogP contribution in [0.4, 0.5) is 10.2 Å². The Bertz CT molecular complexity index is 1070. The van der Waals surface area contributed by atoms with Gasteiger partial charge in [0.05, 0.1) is 11.5 Å². The molecule has 1 fully saturated rings. The van der Waals surface area contributed by atoms with Crippen LogP contribution in [0, 0.1) is 22.6 Å². The van der Waals surface area contributed by atoms with Crippen molar-refractivity contribution in [3.63, 3.8) is 0 Å². The third-order valence-corrected chi connectivity index (χ3v) is 5.65. The summed E-state index contributed by atoms with van der Waals surface area (Å²) in [6, 6.07) is 10.3. The van der Waals surface area contributed by atoms with Gasteiger partial charge in [-0.3, -0.25) is 0 Å². The SMILES string of the molecule is N#CC1(Cc2ccc(F)cc2Cl)CCN(c2ccc(-c3nnc(CO)o3)nn2)CC1. The van der Waals surface area contributed by atoms with E-state index in [1.165, 1.54) is 12.1 Å². The molecule has 1 N–H and O–H groups in total. The normalized spacial score (nSPS) is 15.7. The van der Waals surface area contributed by atoms with Crippen molar-refractivity contribution in [2.75, 3.05) is 18.0 Å². The van der Waals surface area contributed by atoms with Crippen molar-refractivity contribution in [2.45, 2.75) is 25.9 Å². The Hall–Kier alpha value is -3.09. The number of aliphatic hydroxyl groups is 1. The van der Waals surface area contributed by atoms with Crippen LogP contribution in [0.25, 0.3) is 11.6 Å². The highest BCUT2D eigenvalue weighted by Gasteiger charge is 2.36. The maximum atomic E-state index is 13.3. The number of anilines is 1. The molecule has 3 heterocycles. The number of piperidine rings is 1. The van der Waals surface area contributed by atoms with Crippen LogP contribution in [0.3, 0.4) is 0 Å². The molecule has 154 valence electrons. The molecular weight excluding hydrogens is 411 g/mol. The third-order valence-electron chi connectivity index (χ3n) is 5.30. The number of nitriles is 1. The Kier molecular flexibility index (Phi) is 5.61. The van der Waals surface area contributed by atoms with Crippen LogP contribution in [0.1, 0.15) is 24.3 Å². The molecule has 1 aliphatic rings. The molecule has 0 spiro atoms. The quantitative estimate of drug-likeness (QED) is 0.659. The molecule has 0 aliphatic carbocycles. The lowest BCUT2D eigenvalue weighted by molar-refractivity contribution is 0.241. The molecule has 30 heavy (non-hydrogen) atoms. The van der Waals surface area contributed by atoms with Gasteiger partial charge in [0.1, 0.15) is 18.1 Å². The van der Waals surface area contributed by atoms with E-state index in [1.807, 2.05) is 0 Å². The van der Waals surface area contributed by atoms with Crippen molar-refractivity contribution >= 4 is 17.4 Å². The summed E-state index contributed by atoms with van der Waals surface area (Å²) in [6.07, 6.45) is 1.74. The summed E-state index contributed by atoms with van der Waals surface area (Å²) in [5, 5.41) is 35.1. The lowest BCUT2D eigenvalue weighted by Gasteiger charge is -2.38. The summed E-state index contributed by atoms with van der Waals surface area (Å²) < 4.78 is 18.6. The molecule has 0 saturated carbocycles. The number of hydrogen-bond acceptors (Lipinski definition) is 8. The maximum absolute atomic E-state index is 13.3. The molecular formula is C20H18ClFN6O2. The zero-order valence-electron chi connectivity index (χ0n) is 15.9. The first-order valence-electron chi connectivity index (χ1n) is 9.39. The monoisotopic (exact) mass is 428 g/mol. The second-order valence-corrected chi connectivity index (χ2v) is 7.63. The van der Waals surface area contributed by atoms with Crippen LogP contribution in [0.5, 0.6) is 0 Å². The molecule has 1 saturated heterocycles. The van der Waals surface area contributed by atoms with E-state index >= 15 is 0 Å². The van der Waals surface area contributed by atoms with E-state index in [9.17, 15) is 9.65 Å². The number of halogens is 2. The van der Waals surface area contributed by atoms with Gasteiger partial charge < -0.3 is 14.4 Å². The molecule has 8 nitrogen and oxygen atoms in total. The molecule has 0 unspecified atom stereocenters. The van der Waals surface area contributed by atoms with Crippen LogP contribution in [0.15, 0.2) is 34.7 Å². The Morgan fingerprint density at radius 1 is 1.17 bits per heavy atom.